The molecular weight excluding hydrogens is 755 g/mol. The Bertz CT molecular complexity index is 2060. The van der Waals surface area contributed by atoms with Crippen LogP contribution in [-0.2, 0) is 43.2 Å². The van der Waals surface area contributed by atoms with Crippen LogP contribution in [0.1, 0.15) is 49.8 Å². The van der Waals surface area contributed by atoms with E-state index in [1.165, 1.54) is 7.05 Å². The van der Waals surface area contributed by atoms with E-state index in [0.29, 0.717) is 13.0 Å². The number of guanidine groups is 1. The third-order valence-corrected chi connectivity index (χ3v) is 9.38. The highest BCUT2D eigenvalue weighted by atomic mass is 16.2. The molecule has 7 amide bonds. The lowest BCUT2D eigenvalue weighted by atomic mass is 10.0. The van der Waals surface area contributed by atoms with Crippen molar-refractivity contribution in [3.05, 3.63) is 108 Å². The summed E-state index contributed by atoms with van der Waals surface area (Å²) in [5.74, 6) is -3.06. The number of hydrazine groups is 1. The van der Waals surface area contributed by atoms with Gasteiger partial charge in [-0.05, 0) is 47.9 Å². The first kappa shape index (κ1) is 44.8. The minimum absolute atomic E-state index is 0.0448. The van der Waals surface area contributed by atoms with Crippen LogP contribution in [0.4, 0.5) is 4.79 Å². The van der Waals surface area contributed by atoms with Gasteiger partial charge in [-0.25, -0.2) is 10.2 Å². The average molecular weight is 810 g/mol. The van der Waals surface area contributed by atoms with E-state index in [1.54, 1.807) is 18.3 Å². The molecule has 4 atom stereocenters. The van der Waals surface area contributed by atoms with Gasteiger partial charge in [0.2, 0.25) is 23.6 Å². The van der Waals surface area contributed by atoms with Crippen molar-refractivity contribution in [3.63, 3.8) is 0 Å². The summed E-state index contributed by atoms with van der Waals surface area (Å²) < 4.78 is 0. The Balaban J connectivity index is 1.43. The number of benzene rings is 3. The van der Waals surface area contributed by atoms with Crippen molar-refractivity contribution in [1.29, 1.82) is 0 Å². The van der Waals surface area contributed by atoms with Gasteiger partial charge in [-0.15, -0.1) is 0 Å². The largest absolute Gasteiger partial charge is 0.370 e. The molecule has 0 fully saturated rings. The molecule has 1 heterocycles. The topological polar surface area (TPSA) is 267 Å². The zero-order chi connectivity index (χ0) is 42.7. The van der Waals surface area contributed by atoms with Crippen LogP contribution in [0.3, 0.4) is 0 Å². The number of amides is 7. The number of aromatic nitrogens is 1. The number of fused-ring (bicyclic) bond motifs is 1. The number of aliphatic imine (C=N–C) groups is 1. The Morgan fingerprint density at radius 1 is 0.678 bits per heavy atom. The molecular formula is C42H55N11O6. The highest BCUT2D eigenvalue weighted by molar-refractivity contribution is 5.95. The van der Waals surface area contributed by atoms with Crippen molar-refractivity contribution in [1.82, 2.24) is 42.4 Å². The Hall–Kier alpha value is -6.91. The summed E-state index contributed by atoms with van der Waals surface area (Å²) in [5.41, 5.74) is 19.3. The van der Waals surface area contributed by atoms with E-state index in [1.807, 2.05) is 86.6 Å². The van der Waals surface area contributed by atoms with Crippen molar-refractivity contribution >= 4 is 52.4 Å². The molecule has 314 valence electrons. The Kier molecular flexibility index (Phi) is 17.3. The molecule has 4 aromatic rings. The van der Waals surface area contributed by atoms with Crippen LogP contribution in [0.15, 0.2) is 96.1 Å². The van der Waals surface area contributed by atoms with E-state index in [0.717, 1.165) is 27.6 Å². The molecule has 0 spiro atoms. The second kappa shape index (κ2) is 22.7. The lowest BCUT2D eigenvalue weighted by Crippen LogP contribution is -2.59. The van der Waals surface area contributed by atoms with Crippen molar-refractivity contribution in [3.8, 4) is 0 Å². The van der Waals surface area contributed by atoms with Gasteiger partial charge in [0.05, 0.1) is 6.42 Å². The van der Waals surface area contributed by atoms with Gasteiger partial charge >= 0.3 is 6.03 Å². The fourth-order valence-electron chi connectivity index (χ4n) is 6.35. The molecule has 0 unspecified atom stereocenters. The first-order chi connectivity index (χ1) is 28.3. The van der Waals surface area contributed by atoms with Gasteiger partial charge in [0.25, 0.3) is 5.91 Å². The van der Waals surface area contributed by atoms with Crippen LogP contribution in [0.2, 0.25) is 0 Å². The van der Waals surface area contributed by atoms with E-state index >= 15 is 0 Å². The maximum absolute atomic E-state index is 13.8. The van der Waals surface area contributed by atoms with E-state index in [2.05, 4.69) is 47.4 Å². The number of carbonyl (C=O) groups excluding carboxylic acids is 6. The number of H-pyrrole nitrogens is 1. The highest BCUT2D eigenvalue weighted by Gasteiger charge is 2.30. The molecule has 4 rings (SSSR count). The third-order valence-electron chi connectivity index (χ3n) is 9.38. The van der Waals surface area contributed by atoms with Crippen LogP contribution in [0, 0.1) is 5.92 Å². The number of primary amides is 1. The zero-order valence-electron chi connectivity index (χ0n) is 33.5. The van der Waals surface area contributed by atoms with Crippen molar-refractivity contribution < 1.29 is 28.8 Å². The molecule has 0 bridgehead atoms. The van der Waals surface area contributed by atoms with Crippen LogP contribution >= 0.6 is 0 Å². The molecule has 12 N–H and O–H groups in total. The summed E-state index contributed by atoms with van der Waals surface area (Å²) >= 11 is 0. The number of urea groups is 1. The summed E-state index contributed by atoms with van der Waals surface area (Å²) in [6.07, 6.45) is 2.69. The molecule has 3 aromatic carbocycles. The molecule has 1 aromatic heterocycles. The predicted octanol–water partition coefficient (Wildman–Crippen LogP) is 1.19. The second-order valence-electron chi connectivity index (χ2n) is 14.5. The van der Waals surface area contributed by atoms with Crippen LogP contribution in [-0.4, -0.2) is 84.3 Å². The Morgan fingerprint density at radius 3 is 1.97 bits per heavy atom. The average Bonchev–Trinajstić information content (AvgIpc) is 3.63. The summed E-state index contributed by atoms with van der Waals surface area (Å²) in [4.78, 5) is 86.8. The smallest absolute Gasteiger partial charge is 0.334 e. The lowest BCUT2D eigenvalue weighted by molar-refractivity contribution is -0.132. The maximum Gasteiger partial charge on any atom is 0.334 e. The quantitative estimate of drug-likeness (QED) is 0.0268. The van der Waals surface area contributed by atoms with Gasteiger partial charge < -0.3 is 43.0 Å². The fraction of sp³-hybridized carbons (Fsp3) is 0.357. The van der Waals surface area contributed by atoms with Gasteiger partial charge in [0.15, 0.2) is 5.96 Å². The Morgan fingerprint density at radius 2 is 1.31 bits per heavy atom. The number of nitrogens with zero attached hydrogens (tertiary/aromatic N) is 1. The second-order valence-corrected chi connectivity index (χ2v) is 14.5. The van der Waals surface area contributed by atoms with E-state index < -0.39 is 53.8 Å². The monoisotopic (exact) mass is 809 g/mol. The van der Waals surface area contributed by atoms with Gasteiger partial charge in [0.1, 0.15) is 24.2 Å². The van der Waals surface area contributed by atoms with E-state index in [9.17, 15) is 28.8 Å². The third kappa shape index (κ3) is 14.8. The van der Waals surface area contributed by atoms with Crippen molar-refractivity contribution in [2.24, 2.45) is 22.4 Å². The molecule has 0 saturated carbocycles. The molecule has 0 radical (unpaired) electrons. The number of hydrogen-bond acceptors (Lipinski definition) is 7. The zero-order valence-corrected chi connectivity index (χ0v) is 33.5. The molecule has 0 saturated heterocycles. The number of carbonyl (C=O) groups is 6. The molecule has 17 nitrogen and oxygen atoms in total. The van der Waals surface area contributed by atoms with E-state index in [4.69, 9.17) is 11.5 Å². The summed E-state index contributed by atoms with van der Waals surface area (Å²) in [5, 5.41) is 14.6. The SMILES string of the molecule is CN=C(N)NCCC[C@H](NC(=O)[C@H](CC(C)C)NC(=O)NNC(=O)[C@H](Cc1ccccc1)NC(=O)Cc1ccccc1)C(=O)N[C@@H](Cc1c[nH]c2ccccc12)C(N)=O. The Labute approximate surface area is 343 Å². The van der Waals surface area contributed by atoms with Crippen molar-refractivity contribution in [2.75, 3.05) is 13.6 Å². The molecule has 0 aliphatic carbocycles. The summed E-state index contributed by atoms with van der Waals surface area (Å²) in [6, 6.07) is 20.3. The number of para-hydroxylation sites is 1. The van der Waals surface area contributed by atoms with Gasteiger partial charge in [-0.3, -0.25) is 34.4 Å². The molecule has 59 heavy (non-hydrogen) atoms. The number of hydrogen-bond donors (Lipinski definition) is 10. The first-order valence-electron chi connectivity index (χ1n) is 19.5. The standard InChI is InChI=1S/C42H55N11O6/c1-26(2)21-34(51-42(59)53-52-40(58)35(22-27-13-6-4-7-14-27)48-36(54)23-28-15-8-5-9-16-28)39(57)49-32(19-12-20-46-41(44)45-3)38(56)50-33(37(43)55)24-29-25-47-31-18-11-10-17-30(29)31/h4-11,13-18,25-26,32-35,47H,12,19-24H2,1-3H3,(H2,43,55)(H,48,54)(H,49,57)(H,50,56)(H,52,58)(H3,44,45,46)(H2,51,53,59)/t32-,33-,34-,35-/m0/s1. The number of aromatic amines is 1. The number of rotatable bonds is 20. The van der Waals surface area contributed by atoms with Crippen LogP contribution in [0.25, 0.3) is 10.9 Å². The lowest BCUT2D eigenvalue weighted by Gasteiger charge is -2.26. The summed E-state index contributed by atoms with van der Waals surface area (Å²) in [6.45, 7) is 4.03. The molecule has 0 aliphatic heterocycles. The van der Waals surface area contributed by atoms with E-state index in [-0.39, 0.29) is 49.9 Å². The minimum atomic E-state index is -1.15. The van der Waals surface area contributed by atoms with Gasteiger partial charge in [-0.1, -0.05) is 92.7 Å². The first-order valence-corrected chi connectivity index (χ1v) is 19.5. The highest BCUT2D eigenvalue weighted by Crippen LogP contribution is 2.19. The van der Waals surface area contributed by atoms with Crippen molar-refractivity contribution in [2.45, 2.75) is 76.5 Å². The minimum Gasteiger partial charge on any atom is -0.370 e. The summed E-state index contributed by atoms with van der Waals surface area (Å²) in [7, 11) is 1.52. The maximum atomic E-state index is 13.8. The number of nitrogens with one attached hydrogen (secondary N) is 8. The number of nitrogens with two attached hydrogens (primary N) is 2. The van der Waals surface area contributed by atoms with Gasteiger partial charge in [0, 0.05) is 43.5 Å². The molecule has 0 aliphatic rings. The van der Waals surface area contributed by atoms with Crippen LogP contribution < -0.4 is 48.9 Å². The van der Waals surface area contributed by atoms with Crippen LogP contribution in [0.5, 0.6) is 0 Å². The molecule has 17 heteroatoms. The normalized spacial score (nSPS) is 13.3. The fourth-order valence-corrected chi connectivity index (χ4v) is 6.35. The van der Waals surface area contributed by atoms with Gasteiger partial charge in [-0.2, -0.15) is 0 Å². The predicted molar refractivity (Wildman–Crippen MR) is 225 cm³/mol.